The van der Waals surface area contributed by atoms with Crippen LogP contribution in [0.2, 0.25) is 0 Å². The average Bonchev–Trinajstić information content (AvgIpc) is 3.17. The Bertz CT molecular complexity index is 445. The van der Waals surface area contributed by atoms with Gasteiger partial charge in [0.25, 0.3) is 0 Å². The van der Waals surface area contributed by atoms with Gasteiger partial charge in [0.1, 0.15) is 5.82 Å². The maximum atomic E-state index is 13.6. The van der Waals surface area contributed by atoms with Crippen LogP contribution in [0.3, 0.4) is 0 Å². The molecule has 3 nitrogen and oxygen atoms in total. The Hall–Kier alpha value is -1.58. The zero-order valence-electron chi connectivity index (χ0n) is 11.6. The summed E-state index contributed by atoms with van der Waals surface area (Å²) < 4.78 is 13.6. The third-order valence-corrected chi connectivity index (χ3v) is 3.46. The van der Waals surface area contributed by atoms with Crippen molar-refractivity contribution in [2.75, 3.05) is 13.6 Å². The number of guanidine groups is 1. The van der Waals surface area contributed by atoms with Gasteiger partial charge in [0.15, 0.2) is 5.96 Å². The number of unbranched alkanes of at least 4 members (excludes halogenated alkanes) is 1. The quantitative estimate of drug-likeness (QED) is 0.487. The van der Waals surface area contributed by atoms with Gasteiger partial charge in [0.2, 0.25) is 0 Å². The molecular formula is C15H22FN3. The summed E-state index contributed by atoms with van der Waals surface area (Å²) in [5, 5.41) is 6.62. The molecule has 2 rings (SSSR count). The Morgan fingerprint density at radius 2 is 2.21 bits per heavy atom. The van der Waals surface area contributed by atoms with Crippen molar-refractivity contribution in [2.45, 2.75) is 38.1 Å². The van der Waals surface area contributed by atoms with Crippen LogP contribution < -0.4 is 10.6 Å². The molecule has 0 amide bonds. The van der Waals surface area contributed by atoms with Gasteiger partial charge < -0.3 is 10.6 Å². The van der Waals surface area contributed by atoms with Gasteiger partial charge in [-0.25, -0.2) is 4.39 Å². The summed E-state index contributed by atoms with van der Waals surface area (Å²) in [5.74, 6) is 0.981. The van der Waals surface area contributed by atoms with Crippen LogP contribution in [0.5, 0.6) is 0 Å². The Balaban J connectivity index is 1.84. The summed E-state index contributed by atoms with van der Waals surface area (Å²) in [7, 11) is 1.77. The largest absolute Gasteiger partial charge is 0.356 e. The molecule has 0 spiro atoms. The molecule has 1 aliphatic carbocycles. The van der Waals surface area contributed by atoms with Gasteiger partial charge in [-0.05, 0) is 24.5 Å². The Kier molecular flexibility index (Phi) is 4.77. The first-order chi connectivity index (χ1) is 9.26. The van der Waals surface area contributed by atoms with Gasteiger partial charge in [-0.2, -0.15) is 0 Å². The van der Waals surface area contributed by atoms with Crippen molar-refractivity contribution < 1.29 is 4.39 Å². The maximum absolute atomic E-state index is 13.6. The van der Waals surface area contributed by atoms with Gasteiger partial charge in [-0.15, -0.1) is 0 Å². The Morgan fingerprint density at radius 1 is 1.42 bits per heavy atom. The van der Waals surface area contributed by atoms with Crippen LogP contribution in [0.15, 0.2) is 29.3 Å². The van der Waals surface area contributed by atoms with E-state index in [0.717, 1.165) is 37.3 Å². The molecule has 1 aromatic rings. The minimum Gasteiger partial charge on any atom is -0.356 e. The second-order valence-electron chi connectivity index (χ2n) is 4.97. The summed E-state index contributed by atoms with van der Waals surface area (Å²) in [4.78, 5) is 4.19. The molecule has 0 heterocycles. The number of hydrogen-bond donors (Lipinski definition) is 2. The number of halogens is 1. The topological polar surface area (TPSA) is 36.4 Å². The fourth-order valence-electron chi connectivity index (χ4n) is 2.23. The molecule has 104 valence electrons. The summed E-state index contributed by atoms with van der Waals surface area (Å²) in [5.41, 5.74) is 0.809. The lowest BCUT2D eigenvalue weighted by Crippen LogP contribution is -2.39. The van der Waals surface area contributed by atoms with E-state index in [2.05, 4.69) is 22.5 Å². The lowest BCUT2D eigenvalue weighted by molar-refractivity contribution is 0.607. The number of rotatable bonds is 5. The van der Waals surface area contributed by atoms with E-state index >= 15 is 0 Å². The van der Waals surface area contributed by atoms with E-state index in [9.17, 15) is 4.39 Å². The standard InChI is InChI=1S/C15H22FN3/c1-3-4-9-18-15(17-2)19-14-10-12(14)11-7-5-6-8-13(11)16/h5-8,12,14H,3-4,9-10H2,1-2H3,(H2,17,18,19). The predicted octanol–water partition coefficient (Wildman–Crippen LogP) is 2.65. The van der Waals surface area contributed by atoms with E-state index in [1.807, 2.05) is 12.1 Å². The molecule has 4 heteroatoms. The van der Waals surface area contributed by atoms with E-state index in [4.69, 9.17) is 0 Å². The minimum atomic E-state index is -0.106. The van der Waals surface area contributed by atoms with E-state index in [-0.39, 0.29) is 11.7 Å². The minimum absolute atomic E-state index is 0.106. The first kappa shape index (κ1) is 13.8. The van der Waals surface area contributed by atoms with Crippen LogP contribution in [0.25, 0.3) is 0 Å². The number of nitrogens with zero attached hydrogens (tertiary/aromatic N) is 1. The highest BCUT2D eigenvalue weighted by Crippen LogP contribution is 2.41. The van der Waals surface area contributed by atoms with E-state index in [1.54, 1.807) is 13.1 Å². The van der Waals surface area contributed by atoms with Crippen LogP contribution >= 0.6 is 0 Å². The first-order valence-corrected chi connectivity index (χ1v) is 6.97. The fraction of sp³-hybridized carbons (Fsp3) is 0.533. The number of aliphatic imine (C=N–C) groups is 1. The van der Waals surface area contributed by atoms with Crippen LogP contribution in [-0.2, 0) is 0 Å². The Morgan fingerprint density at radius 3 is 2.89 bits per heavy atom. The van der Waals surface area contributed by atoms with Crippen molar-refractivity contribution in [3.8, 4) is 0 Å². The van der Waals surface area contributed by atoms with Crippen molar-refractivity contribution in [3.05, 3.63) is 35.6 Å². The summed E-state index contributed by atoms with van der Waals surface area (Å²) >= 11 is 0. The third-order valence-electron chi connectivity index (χ3n) is 3.46. The normalized spacial score (nSPS) is 22.2. The van der Waals surface area contributed by atoms with Crippen molar-refractivity contribution >= 4 is 5.96 Å². The molecule has 0 bridgehead atoms. The van der Waals surface area contributed by atoms with Crippen molar-refractivity contribution in [2.24, 2.45) is 4.99 Å². The lowest BCUT2D eigenvalue weighted by atomic mass is 10.1. The van der Waals surface area contributed by atoms with Crippen LogP contribution in [0, 0.1) is 5.82 Å². The van der Waals surface area contributed by atoms with Crippen LogP contribution in [0.1, 0.15) is 37.7 Å². The van der Waals surface area contributed by atoms with Crippen LogP contribution in [0.4, 0.5) is 4.39 Å². The second kappa shape index (κ2) is 6.55. The molecular weight excluding hydrogens is 241 g/mol. The smallest absolute Gasteiger partial charge is 0.191 e. The highest BCUT2D eigenvalue weighted by atomic mass is 19.1. The van der Waals surface area contributed by atoms with Gasteiger partial charge in [0, 0.05) is 25.6 Å². The monoisotopic (exact) mass is 263 g/mol. The van der Waals surface area contributed by atoms with Gasteiger partial charge >= 0.3 is 0 Å². The molecule has 0 aliphatic heterocycles. The molecule has 19 heavy (non-hydrogen) atoms. The molecule has 1 aliphatic rings. The molecule has 1 saturated carbocycles. The number of nitrogens with one attached hydrogen (secondary N) is 2. The summed E-state index contributed by atoms with van der Waals surface area (Å²) in [6.45, 7) is 3.08. The van der Waals surface area contributed by atoms with Crippen molar-refractivity contribution in [1.82, 2.24) is 10.6 Å². The maximum Gasteiger partial charge on any atom is 0.191 e. The Labute approximate surface area is 114 Å². The first-order valence-electron chi connectivity index (χ1n) is 6.97. The highest BCUT2D eigenvalue weighted by Gasteiger charge is 2.40. The summed E-state index contributed by atoms with van der Waals surface area (Å²) in [6, 6.07) is 7.31. The third kappa shape index (κ3) is 3.69. The van der Waals surface area contributed by atoms with Crippen LogP contribution in [-0.4, -0.2) is 25.6 Å². The molecule has 0 radical (unpaired) electrons. The molecule has 0 aromatic heterocycles. The van der Waals surface area contributed by atoms with E-state index in [0.29, 0.717) is 6.04 Å². The van der Waals surface area contributed by atoms with Crippen molar-refractivity contribution in [3.63, 3.8) is 0 Å². The number of hydrogen-bond acceptors (Lipinski definition) is 1. The van der Waals surface area contributed by atoms with E-state index in [1.165, 1.54) is 6.07 Å². The molecule has 2 unspecified atom stereocenters. The second-order valence-corrected chi connectivity index (χ2v) is 4.97. The van der Waals surface area contributed by atoms with Gasteiger partial charge in [0.05, 0.1) is 0 Å². The molecule has 0 saturated heterocycles. The lowest BCUT2D eigenvalue weighted by Gasteiger charge is -2.11. The average molecular weight is 263 g/mol. The summed E-state index contributed by atoms with van der Waals surface area (Å²) in [6.07, 6.45) is 3.25. The van der Waals surface area contributed by atoms with Gasteiger partial charge in [-0.1, -0.05) is 31.5 Å². The highest BCUT2D eigenvalue weighted by molar-refractivity contribution is 5.80. The van der Waals surface area contributed by atoms with E-state index < -0.39 is 0 Å². The zero-order valence-corrected chi connectivity index (χ0v) is 11.6. The molecule has 1 aromatic carbocycles. The fourth-order valence-corrected chi connectivity index (χ4v) is 2.23. The zero-order chi connectivity index (χ0) is 13.7. The number of benzene rings is 1. The molecule has 2 atom stereocenters. The van der Waals surface area contributed by atoms with Crippen molar-refractivity contribution in [1.29, 1.82) is 0 Å². The molecule has 2 N–H and O–H groups in total. The van der Waals surface area contributed by atoms with Gasteiger partial charge in [-0.3, -0.25) is 4.99 Å². The predicted molar refractivity (Wildman–Crippen MR) is 77.0 cm³/mol. The SMILES string of the molecule is CCCCNC(=NC)NC1CC1c1ccccc1F. The molecule has 1 fully saturated rings.